The molecule has 1 N–H and O–H groups in total. The zero-order chi connectivity index (χ0) is 14.2. The molecule has 0 saturated heterocycles. The van der Waals surface area contributed by atoms with Crippen molar-refractivity contribution >= 4 is 11.9 Å². The van der Waals surface area contributed by atoms with E-state index in [1.807, 2.05) is 13.8 Å². The first-order chi connectivity index (χ1) is 8.47. The summed E-state index contributed by atoms with van der Waals surface area (Å²) in [5.41, 5.74) is -1.04. The van der Waals surface area contributed by atoms with Crippen molar-refractivity contribution in [3.63, 3.8) is 0 Å². The molecule has 1 atom stereocenters. The van der Waals surface area contributed by atoms with Gasteiger partial charge in [0.25, 0.3) is 0 Å². The summed E-state index contributed by atoms with van der Waals surface area (Å²) in [5.74, 6) is -0.894. The first-order valence-electron chi connectivity index (χ1n) is 6.27. The maximum Gasteiger partial charge on any atom is 0.328 e. The molecule has 0 fully saturated rings. The van der Waals surface area contributed by atoms with Crippen LogP contribution in [0.25, 0.3) is 0 Å². The van der Waals surface area contributed by atoms with Crippen LogP contribution in [-0.4, -0.2) is 25.0 Å². The Labute approximate surface area is 108 Å². The van der Waals surface area contributed by atoms with Gasteiger partial charge >= 0.3 is 5.97 Å². The molecule has 0 aromatic rings. The lowest BCUT2D eigenvalue weighted by molar-refractivity contribution is -0.145. The number of carbonyl (C=O) groups is 2. The van der Waals surface area contributed by atoms with Crippen LogP contribution in [0.1, 0.15) is 46.5 Å². The van der Waals surface area contributed by atoms with E-state index in [4.69, 9.17) is 0 Å². The van der Waals surface area contributed by atoms with Crippen LogP contribution in [0.4, 0.5) is 0 Å². The molecule has 102 valence electrons. The van der Waals surface area contributed by atoms with E-state index in [0.29, 0.717) is 12.8 Å². The van der Waals surface area contributed by atoms with Crippen LogP contribution in [-0.2, 0) is 14.3 Å². The molecular formula is C13H22N2O3. The molecule has 1 unspecified atom stereocenters. The van der Waals surface area contributed by atoms with Gasteiger partial charge in [-0.3, -0.25) is 4.79 Å². The number of hydrogen-bond donors (Lipinski definition) is 1. The number of hydrogen-bond acceptors (Lipinski definition) is 4. The predicted molar refractivity (Wildman–Crippen MR) is 67.5 cm³/mol. The second-order valence-corrected chi connectivity index (χ2v) is 4.41. The molecule has 0 spiro atoms. The highest BCUT2D eigenvalue weighted by Crippen LogP contribution is 2.29. The summed E-state index contributed by atoms with van der Waals surface area (Å²) < 4.78 is 4.54. The molecule has 0 aromatic carbocycles. The summed E-state index contributed by atoms with van der Waals surface area (Å²) >= 11 is 0. The van der Waals surface area contributed by atoms with E-state index in [0.717, 1.165) is 12.8 Å². The first kappa shape index (κ1) is 16.4. The predicted octanol–water partition coefficient (Wildman–Crippen LogP) is 1.77. The summed E-state index contributed by atoms with van der Waals surface area (Å²) in [4.78, 5) is 23.4. The number of ether oxygens (including phenoxy) is 1. The van der Waals surface area contributed by atoms with Crippen molar-refractivity contribution in [1.82, 2.24) is 5.32 Å². The number of methoxy groups -OCH3 is 1. The number of nitriles is 1. The molecule has 0 aliphatic heterocycles. The van der Waals surface area contributed by atoms with E-state index in [-0.39, 0.29) is 5.91 Å². The minimum absolute atomic E-state index is 0.383. The maximum absolute atomic E-state index is 12.2. The molecule has 0 radical (unpaired) electrons. The molecule has 0 rings (SSSR count). The third-order valence-electron chi connectivity index (χ3n) is 2.90. The summed E-state index contributed by atoms with van der Waals surface area (Å²) in [7, 11) is 1.26. The van der Waals surface area contributed by atoms with Crippen LogP contribution in [0, 0.1) is 16.7 Å². The van der Waals surface area contributed by atoms with Gasteiger partial charge in [0.05, 0.1) is 13.2 Å². The standard InChI is InChI=1S/C13H22N2O3/c1-5-7-13(9-14,8-6-2)12(17)15-10(3)11(16)18-4/h10H,5-8H2,1-4H3,(H,15,17). The Hall–Kier alpha value is -1.57. The lowest BCUT2D eigenvalue weighted by Gasteiger charge is -2.26. The van der Waals surface area contributed by atoms with Crippen molar-refractivity contribution in [2.75, 3.05) is 7.11 Å². The van der Waals surface area contributed by atoms with Crippen molar-refractivity contribution in [2.45, 2.75) is 52.5 Å². The maximum atomic E-state index is 12.2. The smallest absolute Gasteiger partial charge is 0.328 e. The number of esters is 1. The second-order valence-electron chi connectivity index (χ2n) is 4.41. The van der Waals surface area contributed by atoms with Crippen molar-refractivity contribution in [3.05, 3.63) is 0 Å². The topological polar surface area (TPSA) is 79.2 Å². The highest BCUT2D eigenvalue weighted by molar-refractivity contribution is 5.89. The monoisotopic (exact) mass is 254 g/mol. The van der Waals surface area contributed by atoms with Crippen LogP contribution in [0.5, 0.6) is 0 Å². The molecule has 18 heavy (non-hydrogen) atoms. The van der Waals surface area contributed by atoms with Crippen LogP contribution in [0.15, 0.2) is 0 Å². The minimum Gasteiger partial charge on any atom is -0.467 e. The van der Waals surface area contributed by atoms with Gasteiger partial charge in [-0.2, -0.15) is 5.26 Å². The van der Waals surface area contributed by atoms with Crippen LogP contribution >= 0.6 is 0 Å². The number of amides is 1. The molecule has 0 bridgehead atoms. The van der Waals surface area contributed by atoms with Gasteiger partial charge in [-0.05, 0) is 19.8 Å². The number of carbonyl (C=O) groups excluding carboxylic acids is 2. The van der Waals surface area contributed by atoms with Crippen LogP contribution in [0.2, 0.25) is 0 Å². The molecule has 5 heteroatoms. The van der Waals surface area contributed by atoms with Gasteiger partial charge in [-0.25, -0.2) is 4.79 Å². The van der Waals surface area contributed by atoms with Crippen molar-refractivity contribution in [1.29, 1.82) is 5.26 Å². The van der Waals surface area contributed by atoms with Gasteiger partial charge in [-0.15, -0.1) is 0 Å². The quantitative estimate of drug-likeness (QED) is 0.702. The van der Waals surface area contributed by atoms with Crippen molar-refractivity contribution in [2.24, 2.45) is 5.41 Å². The van der Waals surface area contributed by atoms with Crippen molar-refractivity contribution in [3.8, 4) is 6.07 Å². The minimum atomic E-state index is -1.04. The first-order valence-corrected chi connectivity index (χ1v) is 6.27. The Kier molecular flexibility index (Phi) is 7.03. The number of rotatable bonds is 7. The average molecular weight is 254 g/mol. The fraction of sp³-hybridized carbons (Fsp3) is 0.769. The summed E-state index contributed by atoms with van der Waals surface area (Å²) in [6.45, 7) is 5.40. The van der Waals surface area contributed by atoms with Gasteiger partial charge < -0.3 is 10.1 Å². The Morgan fingerprint density at radius 3 is 2.17 bits per heavy atom. The van der Waals surface area contributed by atoms with E-state index in [1.54, 1.807) is 6.92 Å². The van der Waals surface area contributed by atoms with E-state index >= 15 is 0 Å². The van der Waals surface area contributed by atoms with E-state index in [1.165, 1.54) is 7.11 Å². The molecule has 0 aromatic heterocycles. The lowest BCUT2D eigenvalue weighted by atomic mass is 9.79. The SMILES string of the molecule is CCCC(C#N)(CCC)C(=O)NC(C)C(=O)OC. The second kappa shape index (κ2) is 7.70. The molecular weight excluding hydrogens is 232 g/mol. The van der Waals surface area contributed by atoms with E-state index in [9.17, 15) is 14.9 Å². The van der Waals surface area contributed by atoms with Gasteiger partial charge in [0.15, 0.2) is 0 Å². The molecule has 0 aliphatic rings. The third-order valence-corrected chi connectivity index (χ3v) is 2.90. The summed E-state index contributed by atoms with van der Waals surface area (Å²) in [6, 6.07) is 1.38. The van der Waals surface area contributed by atoms with Gasteiger partial charge in [0.1, 0.15) is 11.5 Å². The van der Waals surface area contributed by atoms with Gasteiger partial charge in [0, 0.05) is 0 Å². The molecule has 1 amide bonds. The normalized spacial score (nSPS) is 12.4. The zero-order valence-electron chi connectivity index (χ0n) is 11.6. The number of nitrogens with zero attached hydrogens (tertiary/aromatic N) is 1. The lowest BCUT2D eigenvalue weighted by Crippen LogP contribution is -2.47. The van der Waals surface area contributed by atoms with Crippen LogP contribution < -0.4 is 5.32 Å². The molecule has 0 aliphatic carbocycles. The average Bonchev–Trinajstić information content (AvgIpc) is 2.36. The van der Waals surface area contributed by atoms with E-state index < -0.39 is 17.4 Å². The largest absolute Gasteiger partial charge is 0.467 e. The molecule has 5 nitrogen and oxygen atoms in total. The summed E-state index contributed by atoms with van der Waals surface area (Å²) in [6.07, 6.45) is 2.48. The Morgan fingerprint density at radius 2 is 1.83 bits per heavy atom. The summed E-state index contributed by atoms with van der Waals surface area (Å²) in [5, 5.41) is 11.8. The third kappa shape index (κ3) is 4.02. The molecule has 0 saturated carbocycles. The van der Waals surface area contributed by atoms with Gasteiger partial charge in [0.2, 0.25) is 5.91 Å². The molecule has 0 heterocycles. The Morgan fingerprint density at radius 1 is 1.33 bits per heavy atom. The Bertz CT molecular complexity index is 328. The fourth-order valence-electron chi connectivity index (χ4n) is 1.94. The number of nitrogens with one attached hydrogen (secondary N) is 1. The van der Waals surface area contributed by atoms with E-state index in [2.05, 4.69) is 16.1 Å². The zero-order valence-corrected chi connectivity index (χ0v) is 11.6. The highest BCUT2D eigenvalue weighted by Gasteiger charge is 2.38. The van der Waals surface area contributed by atoms with Crippen LogP contribution in [0.3, 0.4) is 0 Å². The Balaban J connectivity index is 4.87. The van der Waals surface area contributed by atoms with Gasteiger partial charge in [-0.1, -0.05) is 26.7 Å². The van der Waals surface area contributed by atoms with Crippen molar-refractivity contribution < 1.29 is 14.3 Å². The highest BCUT2D eigenvalue weighted by atomic mass is 16.5. The fourth-order valence-corrected chi connectivity index (χ4v) is 1.94.